The summed E-state index contributed by atoms with van der Waals surface area (Å²) in [6, 6.07) is 0. The molecule has 1 N–H and O–H groups in total. The van der Waals surface area contributed by atoms with Crippen LogP contribution in [-0.4, -0.2) is 14.8 Å². The number of hydrogen-bond donors (Lipinski definition) is 1. The molecule has 108 valence electrons. The molecule has 0 bridgehead atoms. The molecule has 20 heavy (non-hydrogen) atoms. The maximum absolute atomic E-state index is 12.1. The number of hydrogen-bond acceptors (Lipinski definition) is 5. The van der Waals surface area contributed by atoms with Gasteiger partial charge in [-0.3, -0.25) is 4.79 Å². The second kappa shape index (κ2) is 6.69. The summed E-state index contributed by atoms with van der Waals surface area (Å²) in [5.74, 6) is 1.33. The van der Waals surface area contributed by atoms with Crippen molar-refractivity contribution in [3.8, 4) is 0 Å². The van der Waals surface area contributed by atoms with Crippen LogP contribution in [0.2, 0.25) is 0 Å². The molecule has 7 heteroatoms. The molecule has 0 aliphatic rings. The molecule has 0 unspecified atom stereocenters. The second-order valence-electron chi connectivity index (χ2n) is 4.47. The molecule has 0 aliphatic heterocycles. The lowest BCUT2D eigenvalue weighted by molar-refractivity contribution is 0.478. The van der Waals surface area contributed by atoms with Crippen molar-refractivity contribution in [3.63, 3.8) is 0 Å². The Labute approximate surface area is 125 Å². The highest BCUT2D eigenvalue weighted by Crippen LogP contribution is 2.17. The zero-order valence-electron chi connectivity index (χ0n) is 11.5. The summed E-state index contributed by atoms with van der Waals surface area (Å²) < 4.78 is 7.30. The average Bonchev–Trinajstić information content (AvgIpc) is 2.85. The summed E-state index contributed by atoms with van der Waals surface area (Å²) in [6.07, 6.45) is 5.25. The van der Waals surface area contributed by atoms with E-state index in [1.165, 1.54) is 4.68 Å². The van der Waals surface area contributed by atoms with Gasteiger partial charge in [-0.2, -0.15) is 5.10 Å². The molecule has 0 spiro atoms. The van der Waals surface area contributed by atoms with Gasteiger partial charge < -0.3 is 9.73 Å². The largest absolute Gasteiger partial charge is 0.444 e. The van der Waals surface area contributed by atoms with Gasteiger partial charge in [0, 0.05) is 6.54 Å². The SMILES string of the molecule is CCCCn1ncc(NCc2ncc(C)o2)c(Br)c1=O. The van der Waals surface area contributed by atoms with Crippen LogP contribution in [-0.2, 0) is 13.1 Å². The summed E-state index contributed by atoms with van der Waals surface area (Å²) in [4.78, 5) is 16.2. The van der Waals surface area contributed by atoms with E-state index < -0.39 is 0 Å². The van der Waals surface area contributed by atoms with Gasteiger partial charge in [0.1, 0.15) is 10.2 Å². The fourth-order valence-electron chi connectivity index (χ4n) is 1.71. The van der Waals surface area contributed by atoms with Gasteiger partial charge in [-0.1, -0.05) is 13.3 Å². The summed E-state index contributed by atoms with van der Waals surface area (Å²) >= 11 is 3.31. The van der Waals surface area contributed by atoms with Crippen molar-refractivity contribution in [2.45, 2.75) is 39.8 Å². The average molecular weight is 341 g/mol. The monoisotopic (exact) mass is 340 g/mol. The third-order valence-corrected chi connectivity index (χ3v) is 3.57. The van der Waals surface area contributed by atoms with Crippen molar-refractivity contribution < 1.29 is 4.42 Å². The number of anilines is 1. The first kappa shape index (κ1) is 14.8. The molecule has 2 aromatic rings. The van der Waals surface area contributed by atoms with Crippen LogP contribution in [0, 0.1) is 6.92 Å². The summed E-state index contributed by atoms with van der Waals surface area (Å²) in [5, 5.41) is 7.24. The van der Waals surface area contributed by atoms with Crippen LogP contribution in [0.1, 0.15) is 31.4 Å². The van der Waals surface area contributed by atoms with Gasteiger partial charge >= 0.3 is 0 Å². The molecule has 6 nitrogen and oxygen atoms in total. The number of aromatic nitrogens is 3. The third-order valence-electron chi connectivity index (χ3n) is 2.81. The number of unbranched alkanes of at least 4 members (excludes halogenated alkanes) is 1. The van der Waals surface area contributed by atoms with Crippen LogP contribution in [0.5, 0.6) is 0 Å². The van der Waals surface area contributed by atoms with E-state index in [0.717, 1.165) is 18.6 Å². The lowest BCUT2D eigenvalue weighted by Crippen LogP contribution is -2.24. The van der Waals surface area contributed by atoms with E-state index in [1.54, 1.807) is 12.4 Å². The topological polar surface area (TPSA) is 73.0 Å². The molecule has 2 heterocycles. The zero-order valence-corrected chi connectivity index (χ0v) is 13.1. The van der Waals surface area contributed by atoms with Crippen molar-refractivity contribution in [2.24, 2.45) is 0 Å². The maximum atomic E-state index is 12.1. The van der Waals surface area contributed by atoms with Gasteiger partial charge in [0.25, 0.3) is 5.56 Å². The van der Waals surface area contributed by atoms with Crippen LogP contribution in [0.25, 0.3) is 0 Å². The van der Waals surface area contributed by atoms with Crippen LogP contribution < -0.4 is 10.9 Å². The van der Waals surface area contributed by atoms with E-state index in [-0.39, 0.29) is 5.56 Å². The molecule has 2 rings (SSSR count). The molecule has 2 aromatic heterocycles. The molecular formula is C13H17BrN4O2. The van der Waals surface area contributed by atoms with Crippen molar-refractivity contribution in [1.82, 2.24) is 14.8 Å². The smallest absolute Gasteiger partial charge is 0.283 e. The molecule has 0 saturated heterocycles. The van der Waals surface area contributed by atoms with Crippen molar-refractivity contribution in [1.29, 1.82) is 0 Å². The highest BCUT2D eigenvalue weighted by Gasteiger charge is 2.09. The van der Waals surface area contributed by atoms with Crippen LogP contribution in [0.3, 0.4) is 0 Å². The first-order valence-electron chi connectivity index (χ1n) is 6.52. The lowest BCUT2D eigenvalue weighted by Gasteiger charge is -2.09. The molecule has 0 amide bonds. The molecule has 0 atom stereocenters. The third kappa shape index (κ3) is 3.47. The first-order chi connectivity index (χ1) is 9.61. The molecule has 0 aromatic carbocycles. The quantitative estimate of drug-likeness (QED) is 0.875. The second-order valence-corrected chi connectivity index (χ2v) is 5.27. The van der Waals surface area contributed by atoms with Gasteiger partial charge in [0.05, 0.1) is 24.6 Å². The van der Waals surface area contributed by atoms with E-state index in [1.807, 2.05) is 6.92 Å². The van der Waals surface area contributed by atoms with E-state index in [4.69, 9.17) is 4.42 Å². The molecule has 0 fully saturated rings. The van der Waals surface area contributed by atoms with Crippen LogP contribution in [0.15, 0.2) is 26.1 Å². The Kier molecular flexibility index (Phi) is 4.94. The Morgan fingerprint density at radius 2 is 2.25 bits per heavy atom. The zero-order chi connectivity index (χ0) is 14.5. The van der Waals surface area contributed by atoms with E-state index in [9.17, 15) is 4.79 Å². The van der Waals surface area contributed by atoms with Gasteiger partial charge in [-0.15, -0.1) is 0 Å². The minimum atomic E-state index is -0.132. The van der Waals surface area contributed by atoms with Gasteiger partial charge in [-0.25, -0.2) is 9.67 Å². The Balaban J connectivity index is 2.09. The fourth-order valence-corrected chi connectivity index (χ4v) is 2.16. The van der Waals surface area contributed by atoms with Crippen molar-refractivity contribution in [2.75, 3.05) is 5.32 Å². The molecule has 0 radical (unpaired) electrons. The summed E-state index contributed by atoms with van der Waals surface area (Å²) in [5.41, 5.74) is 0.505. The Morgan fingerprint density at radius 3 is 2.90 bits per heavy atom. The maximum Gasteiger partial charge on any atom is 0.283 e. The number of halogens is 1. The summed E-state index contributed by atoms with van der Waals surface area (Å²) in [7, 11) is 0. The Morgan fingerprint density at radius 1 is 1.45 bits per heavy atom. The minimum Gasteiger partial charge on any atom is -0.444 e. The normalized spacial score (nSPS) is 10.8. The number of nitrogens with one attached hydrogen (secondary N) is 1. The fraction of sp³-hybridized carbons (Fsp3) is 0.462. The standard InChI is InChI=1S/C13H17BrN4O2/c1-3-4-5-18-13(19)12(14)10(7-17-18)15-8-11-16-6-9(2)20-11/h6-7,15H,3-5,8H2,1-2H3. The number of nitrogens with zero attached hydrogens (tertiary/aromatic N) is 3. The molecular weight excluding hydrogens is 324 g/mol. The van der Waals surface area contributed by atoms with E-state index in [2.05, 4.69) is 38.3 Å². The van der Waals surface area contributed by atoms with Crippen LogP contribution in [0.4, 0.5) is 5.69 Å². The number of aryl methyl sites for hydroxylation is 2. The van der Waals surface area contributed by atoms with Gasteiger partial charge in [0.15, 0.2) is 0 Å². The Bertz CT molecular complexity index is 636. The predicted molar refractivity (Wildman–Crippen MR) is 79.7 cm³/mol. The van der Waals surface area contributed by atoms with Gasteiger partial charge in [-0.05, 0) is 29.3 Å². The van der Waals surface area contributed by atoms with E-state index in [0.29, 0.717) is 29.1 Å². The van der Waals surface area contributed by atoms with Crippen molar-refractivity contribution >= 4 is 21.6 Å². The molecule has 0 aliphatic carbocycles. The van der Waals surface area contributed by atoms with Crippen molar-refractivity contribution in [3.05, 3.63) is 38.9 Å². The number of rotatable bonds is 6. The Hall–Kier alpha value is -1.63. The highest BCUT2D eigenvalue weighted by molar-refractivity contribution is 9.10. The van der Waals surface area contributed by atoms with E-state index >= 15 is 0 Å². The molecule has 0 saturated carbocycles. The van der Waals surface area contributed by atoms with Gasteiger partial charge in [0.2, 0.25) is 5.89 Å². The summed E-state index contributed by atoms with van der Waals surface area (Å²) in [6.45, 7) is 4.96. The predicted octanol–water partition coefficient (Wildman–Crippen LogP) is 2.71. The minimum absolute atomic E-state index is 0.132. The highest BCUT2D eigenvalue weighted by atomic mass is 79.9. The lowest BCUT2D eigenvalue weighted by atomic mass is 10.3. The first-order valence-corrected chi connectivity index (χ1v) is 7.32. The number of oxazole rings is 1. The van der Waals surface area contributed by atoms with Crippen LogP contribution >= 0.6 is 15.9 Å².